The second-order valence-corrected chi connectivity index (χ2v) is 1.72. The summed E-state index contributed by atoms with van der Waals surface area (Å²) in [4.78, 5) is 10.5. The molecule has 0 fully saturated rings. The third kappa shape index (κ3) is 5.53. The average Bonchev–Trinajstić information content (AvgIpc) is 1.85. The summed E-state index contributed by atoms with van der Waals surface area (Å²) >= 11 is 0. The predicted molar refractivity (Wildman–Crippen MR) is 34.3 cm³/mol. The number of rotatable bonds is 4. The van der Waals surface area contributed by atoms with E-state index in [1.54, 1.807) is 6.92 Å². The molecule has 0 aliphatic carbocycles. The van der Waals surface area contributed by atoms with Crippen molar-refractivity contribution in [2.45, 2.75) is 20.1 Å². The molecule has 1 atom stereocenters. The first kappa shape index (κ1) is 9.39. The first-order valence-electron chi connectivity index (χ1n) is 3.12. The van der Waals surface area contributed by atoms with Gasteiger partial charge in [0, 0.05) is 0 Å². The van der Waals surface area contributed by atoms with Crippen molar-refractivity contribution in [1.29, 1.82) is 0 Å². The van der Waals surface area contributed by atoms with Gasteiger partial charge in [-0.1, -0.05) is 0 Å². The molecule has 0 heterocycles. The molecule has 10 heavy (non-hydrogen) atoms. The van der Waals surface area contributed by atoms with Crippen LogP contribution in [-0.2, 0) is 14.3 Å². The van der Waals surface area contributed by atoms with Crippen LogP contribution in [0.5, 0.6) is 0 Å². The van der Waals surface area contributed by atoms with E-state index in [1.165, 1.54) is 6.92 Å². The third-order valence-corrected chi connectivity index (χ3v) is 0.748. The number of ether oxygens (including phenoxy) is 2. The van der Waals surface area contributed by atoms with Crippen molar-refractivity contribution in [2.24, 2.45) is 0 Å². The Balaban J connectivity index is 3.22. The van der Waals surface area contributed by atoms with Gasteiger partial charge in [-0.05, 0) is 13.8 Å². The standard InChI is InChI=1S/C6H12O4/c1-3-9-6(8)4-10-5(2)7/h5,7H,3-4H2,1-2H3. The molecule has 0 aliphatic rings. The van der Waals surface area contributed by atoms with Gasteiger partial charge in [-0.15, -0.1) is 0 Å². The minimum Gasteiger partial charge on any atom is -0.464 e. The molecule has 0 bridgehead atoms. The molecule has 0 amide bonds. The van der Waals surface area contributed by atoms with Crippen LogP contribution in [0.3, 0.4) is 0 Å². The molecule has 0 aromatic heterocycles. The van der Waals surface area contributed by atoms with Crippen LogP contribution in [0.1, 0.15) is 13.8 Å². The van der Waals surface area contributed by atoms with Crippen LogP contribution in [0.15, 0.2) is 0 Å². The van der Waals surface area contributed by atoms with Gasteiger partial charge >= 0.3 is 5.97 Å². The lowest BCUT2D eigenvalue weighted by Crippen LogP contribution is -2.17. The van der Waals surface area contributed by atoms with E-state index in [2.05, 4.69) is 9.47 Å². The summed E-state index contributed by atoms with van der Waals surface area (Å²) in [5.41, 5.74) is 0. The summed E-state index contributed by atoms with van der Waals surface area (Å²) < 4.78 is 9.05. The van der Waals surface area contributed by atoms with Crippen molar-refractivity contribution in [3.05, 3.63) is 0 Å². The van der Waals surface area contributed by atoms with Crippen molar-refractivity contribution in [3.8, 4) is 0 Å². The number of carbonyl (C=O) groups is 1. The monoisotopic (exact) mass is 148 g/mol. The molecule has 0 saturated carbocycles. The maximum atomic E-state index is 10.5. The number of hydrogen-bond donors (Lipinski definition) is 1. The van der Waals surface area contributed by atoms with Gasteiger partial charge in [0.1, 0.15) is 6.61 Å². The van der Waals surface area contributed by atoms with Crippen LogP contribution < -0.4 is 0 Å². The van der Waals surface area contributed by atoms with Gasteiger partial charge in [-0.2, -0.15) is 0 Å². The van der Waals surface area contributed by atoms with Crippen LogP contribution in [-0.4, -0.2) is 30.6 Å². The van der Waals surface area contributed by atoms with Crippen molar-refractivity contribution >= 4 is 5.97 Å². The zero-order valence-electron chi connectivity index (χ0n) is 6.16. The minimum absolute atomic E-state index is 0.189. The van der Waals surface area contributed by atoms with Gasteiger partial charge in [-0.3, -0.25) is 0 Å². The Morgan fingerprint density at radius 2 is 2.30 bits per heavy atom. The number of carbonyl (C=O) groups excluding carboxylic acids is 1. The number of esters is 1. The Hall–Kier alpha value is -0.610. The molecule has 4 nitrogen and oxygen atoms in total. The molecule has 1 unspecified atom stereocenters. The molecule has 0 aromatic rings. The lowest BCUT2D eigenvalue weighted by molar-refractivity contribution is -0.159. The lowest BCUT2D eigenvalue weighted by Gasteiger charge is -2.04. The molecular formula is C6H12O4. The fourth-order valence-corrected chi connectivity index (χ4v) is 0.391. The molecule has 4 heteroatoms. The number of hydrogen-bond acceptors (Lipinski definition) is 4. The van der Waals surface area contributed by atoms with E-state index >= 15 is 0 Å². The Kier molecular flexibility index (Phi) is 4.88. The molecule has 60 valence electrons. The van der Waals surface area contributed by atoms with E-state index in [4.69, 9.17) is 5.11 Å². The Bertz CT molecular complexity index is 99.9. The Morgan fingerprint density at radius 3 is 2.70 bits per heavy atom. The third-order valence-electron chi connectivity index (χ3n) is 0.748. The summed E-state index contributed by atoms with van der Waals surface area (Å²) in [7, 11) is 0. The van der Waals surface area contributed by atoms with Crippen molar-refractivity contribution < 1.29 is 19.4 Å². The van der Waals surface area contributed by atoms with Crippen molar-refractivity contribution in [1.82, 2.24) is 0 Å². The van der Waals surface area contributed by atoms with Crippen LogP contribution in [0.25, 0.3) is 0 Å². The quantitative estimate of drug-likeness (QED) is 0.447. The normalized spacial score (nSPS) is 12.7. The number of aliphatic hydroxyl groups excluding tert-OH is 1. The molecular weight excluding hydrogens is 136 g/mol. The average molecular weight is 148 g/mol. The highest BCUT2D eigenvalue weighted by molar-refractivity contribution is 5.70. The van der Waals surface area contributed by atoms with Crippen LogP contribution in [0, 0.1) is 0 Å². The summed E-state index contributed by atoms with van der Waals surface area (Å²) in [5, 5.41) is 8.54. The lowest BCUT2D eigenvalue weighted by atomic mass is 10.7. The first-order chi connectivity index (χ1) is 4.66. The van der Waals surface area contributed by atoms with E-state index in [0.29, 0.717) is 6.61 Å². The second-order valence-electron chi connectivity index (χ2n) is 1.72. The molecule has 0 saturated heterocycles. The highest BCUT2D eigenvalue weighted by atomic mass is 16.6. The molecule has 0 radical (unpaired) electrons. The van der Waals surface area contributed by atoms with Crippen LogP contribution in [0.2, 0.25) is 0 Å². The van der Waals surface area contributed by atoms with Gasteiger partial charge in [0.05, 0.1) is 6.61 Å². The Labute approximate surface area is 59.7 Å². The van der Waals surface area contributed by atoms with E-state index in [9.17, 15) is 4.79 Å². The Morgan fingerprint density at radius 1 is 1.70 bits per heavy atom. The van der Waals surface area contributed by atoms with Gasteiger partial charge < -0.3 is 14.6 Å². The fraction of sp³-hybridized carbons (Fsp3) is 0.833. The zero-order chi connectivity index (χ0) is 7.98. The summed E-state index contributed by atoms with van der Waals surface area (Å²) in [6.45, 7) is 3.28. The molecule has 0 aromatic carbocycles. The topological polar surface area (TPSA) is 55.8 Å². The van der Waals surface area contributed by atoms with E-state index in [0.717, 1.165) is 0 Å². The largest absolute Gasteiger partial charge is 0.464 e. The zero-order valence-corrected chi connectivity index (χ0v) is 6.16. The minimum atomic E-state index is -0.913. The smallest absolute Gasteiger partial charge is 0.332 e. The van der Waals surface area contributed by atoms with E-state index in [-0.39, 0.29) is 6.61 Å². The van der Waals surface area contributed by atoms with Gasteiger partial charge in [-0.25, -0.2) is 4.79 Å². The number of aliphatic hydroxyl groups is 1. The SMILES string of the molecule is CCOC(=O)COC(C)O. The van der Waals surface area contributed by atoms with Crippen LogP contribution >= 0.6 is 0 Å². The second kappa shape index (κ2) is 5.20. The fourth-order valence-electron chi connectivity index (χ4n) is 0.391. The summed E-state index contributed by atoms with van der Waals surface area (Å²) in [6.07, 6.45) is -0.913. The van der Waals surface area contributed by atoms with Gasteiger partial charge in [0.15, 0.2) is 6.29 Å². The maximum Gasteiger partial charge on any atom is 0.332 e. The van der Waals surface area contributed by atoms with Crippen molar-refractivity contribution in [3.63, 3.8) is 0 Å². The van der Waals surface area contributed by atoms with E-state index < -0.39 is 12.3 Å². The maximum absolute atomic E-state index is 10.5. The molecule has 1 N–H and O–H groups in total. The first-order valence-corrected chi connectivity index (χ1v) is 3.12. The van der Waals surface area contributed by atoms with Gasteiger partial charge in [0.2, 0.25) is 0 Å². The van der Waals surface area contributed by atoms with E-state index in [1.807, 2.05) is 0 Å². The molecule has 0 rings (SSSR count). The van der Waals surface area contributed by atoms with Crippen molar-refractivity contribution in [2.75, 3.05) is 13.2 Å². The summed E-state index contributed by atoms with van der Waals surface area (Å²) in [5.74, 6) is -0.455. The van der Waals surface area contributed by atoms with Gasteiger partial charge in [0.25, 0.3) is 0 Å². The summed E-state index contributed by atoms with van der Waals surface area (Å²) in [6, 6.07) is 0. The predicted octanol–water partition coefficient (Wildman–Crippen LogP) is -0.0956. The molecule has 0 aliphatic heterocycles. The van der Waals surface area contributed by atoms with Crippen LogP contribution in [0.4, 0.5) is 0 Å². The highest BCUT2D eigenvalue weighted by Gasteiger charge is 2.02. The highest BCUT2D eigenvalue weighted by Crippen LogP contribution is 1.85. The molecule has 0 spiro atoms.